The van der Waals surface area contributed by atoms with Crippen molar-refractivity contribution < 1.29 is 24.3 Å². The molecule has 0 bridgehead atoms. The SMILES string of the molecule is COc1cc(C=NNC(=O)COc2ccc(Cl)cc2[N+](=O)[O-])cc(Cl)c1O. The van der Waals surface area contributed by atoms with Crippen molar-refractivity contribution in [1.82, 2.24) is 5.43 Å². The van der Waals surface area contributed by atoms with E-state index in [0.29, 0.717) is 5.56 Å². The lowest BCUT2D eigenvalue weighted by atomic mass is 10.2. The Kier molecular flexibility index (Phi) is 6.80. The van der Waals surface area contributed by atoms with Crippen molar-refractivity contribution in [2.45, 2.75) is 0 Å². The van der Waals surface area contributed by atoms with Gasteiger partial charge in [-0.1, -0.05) is 23.2 Å². The molecule has 0 fully saturated rings. The van der Waals surface area contributed by atoms with Gasteiger partial charge in [-0.15, -0.1) is 0 Å². The van der Waals surface area contributed by atoms with E-state index in [1.807, 2.05) is 0 Å². The van der Waals surface area contributed by atoms with Gasteiger partial charge in [-0.2, -0.15) is 5.10 Å². The average molecular weight is 414 g/mol. The van der Waals surface area contributed by atoms with Crippen LogP contribution in [0.4, 0.5) is 5.69 Å². The normalized spacial score (nSPS) is 10.6. The number of nitro benzene ring substituents is 1. The number of carbonyl (C=O) groups excluding carboxylic acids is 1. The molecule has 2 rings (SSSR count). The summed E-state index contributed by atoms with van der Waals surface area (Å²) in [5, 5.41) is 24.5. The number of hydrogen-bond donors (Lipinski definition) is 2. The number of carbonyl (C=O) groups is 1. The van der Waals surface area contributed by atoms with E-state index >= 15 is 0 Å². The molecule has 0 aliphatic rings. The van der Waals surface area contributed by atoms with Crippen LogP contribution in [0.1, 0.15) is 5.56 Å². The Balaban J connectivity index is 1.97. The molecule has 0 aromatic heterocycles. The first kappa shape index (κ1) is 20.3. The van der Waals surface area contributed by atoms with E-state index in [1.54, 1.807) is 0 Å². The number of ether oxygens (including phenoxy) is 2. The van der Waals surface area contributed by atoms with Gasteiger partial charge < -0.3 is 14.6 Å². The third-order valence-corrected chi connectivity index (χ3v) is 3.67. The number of benzene rings is 2. The van der Waals surface area contributed by atoms with Crippen LogP contribution in [0.5, 0.6) is 17.2 Å². The average Bonchev–Trinajstić information content (AvgIpc) is 2.63. The molecular formula is C16H13Cl2N3O6. The number of aromatic hydroxyl groups is 1. The van der Waals surface area contributed by atoms with Gasteiger partial charge in [0.25, 0.3) is 5.91 Å². The highest BCUT2D eigenvalue weighted by atomic mass is 35.5. The maximum Gasteiger partial charge on any atom is 0.312 e. The predicted molar refractivity (Wildman–Crippen MR) is 99.0 cm³/mol. The van der Waals surface area contributed by atoms with Crippen molar-refractivity contribution in [1.29, 1.82) is 0 Å². The zero-order valence-corrected chi connectivity index (χ0v) is 15.3. The highest BCUT2D eigenvalue weighted by Gasteiger charge is 2.16. The number of hydrogen-bond acceptors (Lipinski definition) is 7. The number of halogens is 2. The van der Waals surface area contributed by atoms with Gasteiger partial charge in [-0.05, 0) is 29.8 Å². The van der Waals surface area contributed by atoms with Crippen molar-refractivity contribution in [2.75, 3.05) is 13.7 Å². The van der Waals surface area contributed by atoms with Crippen LogP contribution in [0.25, 0.3) is 0 Å². The summed E-state index contributed by atoms with van der Waals surface area (Å²) in [5.74, 6) is -0.808. The minimum absolute atomic E-state index is 0.0560. The van der Waals surface area contributed by atoms with Crippen LogP contribution >= 0.6 is 23.2 Å². The summed E-state index contributed by atoms with van der Waals surface area (Å²) >= 11 is 11.5. The summed E-state index contributed by atoms with van der Waals surface area (Å²) in [5.41, 5.74) is 2.30. The minimum Gasteiger partial charge on any atom is -0.503 e. The second kappa shape index (κ2) is 9.06. The van der Waals surface area contributed by atoms with Gasteiger partial charge in [0.2, 0.25) is 0 Å². The second-order valence-electron chi connectivity index (χ2n) is 5.00. The number of methoxy groups -OCH3 is 1. The van der Waals surface area contributed by atoms with Gasteiger partial charge >= 0.3 is 5.69 Å². The number of amides is 1. The van der Waals surface area contributed by atoms with Crippen LogP contribution in [0.15, 0.2) is 35.4 Å². The van der Waals surface area contributed by atoms with Crippen LogP contribution in [0.2, 0.25) is 10.0 Å². The lowest BCUT2D eigenvalue weighted by Crippen LogP contribution is -2.24. The van der Waals surface area contributed by atoms with E-state index in [-0.39, 0.29) is 33.0 Å². The molecule has 0 spiro atoms. The third-order valence-electron chi connectivity index (χ3n) is 3.15. The Morgan fingerprint density at radius 1 is 1.33 bits per heavy atom. The lowest BCUT2D eigenvalue weighted by molar-refractivity contribution is -0.385. The van der Waals surface area contributed by atoms with Crippen LogP contribution in [-0.2, 0) is 4.79 Å². The summed E-state index contributed by atoms with van der Waals surface area (Å²) in [6, 6.07) is 6.70. The largest absolute Gasteiger partial charge is 0.503 e. The van der Waals surface area contributed by atoms with Gasteiger partial charge in [0.1, 0.15) is 0 Å². The third kappa shape index (κ3) is 5.47. The molecule has 0 aliphatic heterocycles. The van der Waals surface area contributed by atoms with Crippen molar-refractivity contribution in [3.05, 3.63) is 56.1 Å². The fourth-order valence-electron chi connectivity index (χ4n) is 1.93. The van der Waals surface area contributed by atoms with Crippen LogP contribution in [0, 0.1) is 10.1 Å². The zero-order chi connectivity index (χ0) is 20.0. The monoisotopic (exact) mass is 413 g/mol. The number of nitro groups is 1. The second-order valence-corrected chi connectivity index (χ2v) is 5.85. The Bertz CT molecular complexity index is 904. The van der Waals surface area contributed by atoms with Gasteiger partial charge in [-0.25, -0.2) is 5.43 Å². The summed E-state index contributed by atoms with van der Waals surface area (Å²) in [6.45, 7) is -0.501. The molecule has 1 amide bonds. The summed E-state index contributed by atoms with van der Waals surface area (Å²) in [7, 11) is 1.36. The molecule has 0 saturated carbocycles. The Morgan fingerprint density at radius 2 is 2.07 bits per heavy atom. The standard InChI is InChI=1S/C16H13Cl2N3O6/c1-26-14-5-9(4-11(18)16(14)23)7-19-20-15(22)8-27-13-3-2-10(17)6-12(13)21(24)25/h2-7,23H,8H2,1H3,(H,20,22). The molecule has 0 atom stereocenters. The molecule has 0 heterocycles. The van der Waals surface area contributed by atoms with E-state index in [0.717, 1.165) is 6.07 Å². The molecule has 0 saturated heterocycles. The number of rotatable bonds is 7. The Labute approximate surface area is 163 Å². The Morgan fingerprint density at radius 3 is 2.74 bits per heavy atom. The topological polar surface area (TPSA) is 123 Å². The van der Waals surface area contributed by atoms with Crippen molar-refractivity contribution in [3.8, 4) is 17.2 Å². The molecule has 11 heteroatoms. The van der Waals surface area contributed by atoms with Gasteiger partial charge in [0, 0.05) is 11.1 Å². The number of nitrogens with zero attached hydrogens (tertiary/aromatic N) is 2. The van der Waals surface area contributed by atoms with Gasteiger partial charge in [0.05, 0.1) is 23.3 Å². The molecule has 9 nitrogen and oxygen atoms in total. The number of phenolic OH excluding ortho intramolecular Hbond substituents is 1. The first-order valence-electron chi connectivity index (χ1n) is 7.27. The quantitative estimate of drug-likeness (QED) is 0.408. The fourth-order valence-corrected chi connectivity index (χ4v) is 2.32. The molecule has 2 aromatic rings. The lowest BCUT2D eigenvalue weighted by Gasteiger charge is -2.07. The van der Waals surface area contributed by atoms with E-state index in [4.69, 9.17) is 32.7 Å². The maximum atomic E-state index is 11.8. The van der Waals surface area contributed by atoms with Gasteiger partial charge in [-0.3, -0.25) is 14.9 Å². The number of hydrazone groups is 1. The van der Waals surface area contributed by atoms with Crippen LogP contribution in [-0.4, -0.2) is 35.9 Å². The molecule has 0 radical (unpaired) electrons. The summed E-state index contributed by atoms with van der Waals surface area (Å²) in [6.07, 6.45) is 1.27. The maximum absolute atomic E-state index is 11.8. The predicted octanol–water partition coefficient (Wildman–Crippen LogP) is 3.14. The molecular weight excluding hydrogens is 401 g/mol. The minimum atomic E-state index is -0.667. The van der Waals surface area contributed by atoms with E-state index < -0.39 is 17.4 Å². The van der Waals surface area contributed by atoms with Crippen LogP contribution < -0.4 is 14.9 Å². The summed E-state index contributed by atoms with van der Waals surface area (Å²) < 4.78 is 10.1. The van der Waals surface area contributed by atoms with Crippen molar-refractivity contribution in [2.24, 2.45) is 5.10 Å². The highest BCUT2D eigenvalue weighted by Crippen LogP contribution is 2.34. The molecule has 2 N–H and O–H groups in total. The number of nitrogens with one attached hydrogen (secondary N) is 1. The van der Waals surface area contributed by atoms with Crippen LogP contribution in [0.3, 0.4) is 0 Å². The highest BCUT2D eigenvalue weighted by molar-refractivity contribution is 6.32. The first-order valence-corrected chi connectivity index (χ1v) is 8.02. The Hall–Kier alpha value is -3.04. The first-order chi connectivity index (χ1) is 12.8. The van der Waals surface area contributed by atoms with E-state index in [9.17, 15) is 20.0 Å². The smallest absolute Gasteiger partial charge is 0.312 e. The molecule has 0 aliphatic carbocycles. The van der Waals surface area contributed by atoms with Crippen molar-refractivity contribution in [3.63, 3.8) is 0 Å². The molecule has 0 unspecified atom stereocenters. The van der Waals surface area contributed by atoms with Crippen molar-refractivity contribution >= 4 is 41.0 Å². The molecule has 27 heavy (non-hydrogen) atoms. The van der Waals surface area contributed by atoms with E-state index in [2.05, 4.69) is 10.5 Å². The summed E-state index contributed by atoms with van der Waals surface area (Å²) in [4.78, 5) is 22.1. The fraction of sp³-hybridized carbons (Fsp3) is 0.125. The van der Waals surface area contributed by atoms with E-state index in [1.165, 1.54) is 37.6 Å². The number of phenols is 1. The molecule has 2 aromatic carbocycles. The van der Waals surface area contributed by atoms with Gasteiger partial charge in [0.15, 0.2) is 23.9 Å². The zero-order valence-electron chi connectivity index (χ0n) is 13.8. The molecule has 142 valence electrons.